The lowest BCUT2D eigenvalue weighted by atomic mass is 9.98. The maximum atomic E-state index is 9.65. The Morgan fingerprint density at radius 3 is 2.75 bits per heavy atom. The lowest BCUT2D eigenvalue weighted by Gasteiger charge is -2.11. The molecule has 0 aliphatic heterocycles. The maximum absolute atomic E-state index is 9.65. The minimum absolute atomic E-state index is 0.381. The second-order valence-corrected chi connectivity index (χ2v) is 3.84. The summed E-state index contributed by atoms with van der Waals surface area (Å²) in [5.41, 5.74) is 1.02. The number of para-hydroxylation sites is 1. The van der Waals surface area contributed by atoms with Crippen LogP contribution in [0, 0.1) is 0 Å². The first-order valence-corrected chi connectivity index (χ1v) is 4.93. The van der Waals surface area contributed by atoms with Crippen LogP contribution in [-0.2, 0) is 0 Å². The molecule has 1 aromatic rings. The maximum Gasteiger partial charge on any atom is 0.133 e. The van der Waals surface area contributed by atoms with E-state index >= 15 is 0 Å². The van der Waals surface area contributed by atoms with Crippen LogP contribution < -0.4 is 0 Å². The molecule has 0 aliphatic rings. The standard InChI is InChI=1S/C10H13BrO/c1-3-7(2)8-5-4-6-9(11)10(8)12/h4-7,12H,3H2,1-2H3. The number of hydrogen-bond acceptors (Lipinski definition) is 1. The number of halogens is 1. The van der Waals surface area contributed by atoms with E-state index in [4.69, 9.17) is 0 Å². The Balaban J connectivity index is 3.07. The zero-order chi connectivity index (χ0) is 9.14. The molecule has 1 unspecified atom stereocenters. The Morgan fingerprint density at radius 2 is 2.17 bits per heavy atom. The van der Waals surface area contributed by atoms with E-state index in [0.29, 0.717) is 11.7 Å². The summed E-state index contributed by atoms with van der Waals surface area (Å²) in [6.45, 7) is 4.23. The molecule has 1 nitrogen and oxygen atoms in total. The van der Waals surface area contributed by atoms with Crippen LogP contribution in [0.2, 0.25) is 0 Å². The van der Waals surface area contributed by atoms with Crippen molar-refractivity contribution in [3.05, 3.63) is 28.2 Å². The molecular weight excluding hydrogens is 216 g/mol. The molecule has 1 rings (SSSR count). The minimum atomic E-state index is 0.381. The molecule has 0 aromatic heterocycles. The van der Waals surface area contributed by atoms with Crippen LogP contribution >= 0.6 is 15.9 Å². The molecule has 0 aliphatic carbocycles. The van der Waals surface area contributed by atoms with Crippen molar-refractivity contribution in [2.75, 3.05) is 0 Å². The predicted octanol–water partition coefficient (Wildman–Crippen LogP) is 3.67. The lowest BCUT2D eigenvalue weighted by Crippen LogP contribution is -1.91. The number of hydrogen-bond donors (Lipinski definition) is 1. The Kier molecular flexibility index (Phi) is 3.15. The molecule has 0 saturated carbocycles. The van der Waals surface area contributed by atoms with Crippen LogP contribution in [0.5, 0.6) is 5.75 Å². The molecule has 1 N–H and O–H groups in total. The fraction of sp³-hybridized carbons (Fsp3) is 0.400. The van der Waals surface area contributed by atoms with Crippen molar-refractivity contribution in [1.82, 2.24) is 0 Å². The Labute approximate surface area is 81.6 Å². The van der Waals surface area contributed by atoms with Gasteiger partial charge in [0.05, 0.1) is 4.47 Å². The Hall–Kier alpha value is -0.500. The fourth-order valence-corrected chi connectivity index (χ4v) is 1.53. The molecule has 12 heavy (non-hydrogen) atoms. The van der Waals surface area contributed by atoms with Gasteiger partial charge in [-0.2, -0.15) is 0 Å². The summed E-state index contributed by atoms with van der Waals surface area (Å²) in [4.78, 5) is 0. The van der Waals surface area contributed by atoms with Crippen LogP contribution in [0.4, 0.5) is 0 Å². The van der Waals surface area contributed by atoms with E-state index in [0.717, 1.165) is 16.5 Å². The van der Waals surface area contributed by atoms with Gasteiger partial charge in [0.2, 0.25) is 0 Å². The largest absolute Gasteiger partial charge is 0.506 e. The fourth-order valence-electron chi connectivity index (χ4n) is 1.15. The van der Waals surface area contributed by atoms with Crippen molar-refractivity contribution in [3.63, 3.8) is 0 Å². The smallest absolute Gasteiger partial charge is 0.133 e. The van der Waals surface area contributed by atoms with Crippen molar-refractivity contribution in [2.24, 2.45) is 0 Å². The highest BCUT2D eigenvalue weighted by atomic mass is 79.9. The van der Waals surface area contributed by atoms with Crippen LogP contribution in [-0.4, -0.2) is 5.11 Å². The van der Waals surface area contributed by atoms with Crippen LogP contribution in [0.25, 0.3) is 0 Å². The molecule has 0 amide bonds. The van der Waals surface area contributed by atoms with Crippen LogP contribution in [0.1, 0.15) is 31.7 Å². The molecule has 0 spiro atoms. The van der Waals surface area contributed by atoms with Crippen molar-refractivity contribution in [2.45, 2.75) is 26.2 Å². The van der Waals surface area contributed by atoms with Gasteiger partial charge >= 0.3 is 0 Å². The second kappa shape index (κ2) is 3.94. The molecule has 0 saturated heterocycles. The van der Waals surface area contributed by atoms with Crippen LogP contribution in [0.3, 0.4) is 0 Å². The van der Waals surface area contributed by atoms with Gasteiger partial charge in [-0.1, -0.05) is 26.0 Å². The van der Waals surface area contributed by atoms with Crippen molar-refractivity contribution in [1.29, 1.82) is 0 Å². The highest BCUT2D eigenvalue weighted by Gasteiger charge is 2.09. The SMILES string of the molecule is CCC(C)c1cccc(Br)c1O. The zero-order valence-corrected chi connectivity index (χ0v) is 8.93. The molecule has 0 bridgehead atoms. The molecule has 2 heteroatoms. The third-order valence-corrected chi connectivity index (χ3v) is 2.80. The highest BCUT2D eigenvalue weighted by molar-refractivity contribution is 9.10. The minimum Gasteiger partial charge on any atom is -0.506 e. The van der Waals surface area contributed by atoms with Crippen molar-refractivity contribution in [3.8, 4) is 5.75 Å². The third-order valence-electron chi connectivity index (χ3n) is 2.16. The summed E-state index contributed by atoms with van der Waals surface area (Å²) in [6, 6.07) is 5.76. The molecular formula is C10H13BrO. The number of rotatable bonds is 2. The summed E-state index contributed by atoms with van der Waals surface area (Å²) in [5, 5.41) is 9.65. The van der Waals surface area contributed by atoms with E-state index in [9.17, 15) is 5.11 Å². The average molecular weight is 229 g/mol. The summed E-state index contributed by atoms with van der Waals surface area (Å²) in [7, 11) is 0. The molecule has 0 radical (unpaired) electrons. The van der Waals surface area contributed by atoms with E-state index in [1.807, 2.05) is 18.2 Å². The highest BCUT2D eigenvalue weighted by Crippen LogP contribution is 2.33. The summed E-state index contributed by atoms with van der Waals surface area (Å²) in [5.74, 6) is 0.800. The number of benzene rings is 1. The van der Waals surface area contributed by atoms with E-state index in [2.05, 4.69) is 29.8 Å². The lowest BCUT2D eigenvalue weighted by molar-refractivity contribution is 0.458. The van der Waals surface area contributed by atoms with Gasteiger partial charge in [0, 0.05) is 0 Å². The van der Waals surface area contributed by atoms with Gasteiger partial charge in [-0.15, -0.1) is 0 Å². The van der Waals surface area contributed by atoms with Gasteiger partial charge in [0.15, 0.2) is 0 Å². The van der Waals surface area contributed by atoms with E-state index in [-0.39, 0.29) is 0 Å². The third kappa shape index (κ3) is 1.81. The normalized spacial score (nSPS) is 12.9. The van der Waals surface area contributed by atoms with Gasteiger partial charge in [0.1, 0.15) is 5.75 Å². The zero-order valence-electron chi connectivity index (χ0n) is 7.34. The van der Waals surface area contributed by atoms with E-state index in [1.54, 1.807) is 0 Å². The number of phenolic OH excluding ortho intramolecular Hbond substituents is 1. The van der Waals surface area contributed by atoms with E-state index < -0.39 is 0 Å². The Bertz CT molecular complexity index is 271. The first-order valence-electron chi connectivity index (χ1n) is 4.14. The van der Waals surface area contributed by atoms with Gasteiger partial charge in [-0.25, -0.2) is 0 Å². The first-order chi connectivity index (χ1) is 5.66. The topological polar surface area (TPSA) is 20.2 Å². The van der Waals surface area contributed by atoms with Crippen molar-refractivity contribution < 1.29 is 5.11 Å². The second-order valence-electron chi connectivity index (χ2n) is 2.99. The number of phenols is 1. The van der Waals surface area contributed by atoms with Gasteiger partial charge < -0.3 is 5.11 Å². The summed E-state index contributed by atoms with van der Waals surface area (Å²) in [6.07, 6.45) is 1.05. The first kappa shape index (κ1) is 9.59. The molecule has 1 atom stereocenters. The van der Waals surface area contributed by atoms with E-state index in [1.165, 1.54) is 0 Å². The molecule has 1 aromatic carbocycles. The van der Waals surface area contributed by atoms with Crippen molar-refractivity contribution >= 4 is 15.9 Å². The summed E-state index contributed by atoms with van der Waals surface area (Å²) < 4.78 is 0.778. The average Bonchev–Trinajstić information content (AvgIpc) is 2.08. The van der Waals surface area contributed by atoms with Gasteiger partial charge in [0.25, 0.3) is 0 Å². The van der Waals surface area contributed by atoms with Gasteiger partial charge in [-0.05, 0) is 39.9 Å². The molecule has 0 heterocycles. The quantitative estimate of drug-likeness (QED) is 0.820. The summed E-state index contributed by atoms with van der Waals surface area (Å²) >= 11 is 3.29. The predicted molar refractivity (Wildman–Crippen MR) is 54.5 cm³/mol. The molecule has 0 fully saturated rings. The van der Waals surface area contributed by atoms with Crippen LogP contribution in [0.15, 0.2) is 22.7 Å². The molecule has 66 valence electrons. The monoisotopic (exact) mass is 228 g/mol. The number of aromatic hydroxyl groups is 1. The van der Waals surface area contributed by atoms with Gasteiger partial charge in [-0.3, -0.25) is 0 Å². The Morgan fingerprint density at radius 1 is 1.50 bits per heavy atom.